The van der Waals surface area contributed by atoms with Crippen LogP contribution in [0.3, 0.4) is 0 Å². The van der Waals surface area contributed by atoms with Crippen LogP contribution >= 0.6 is 11.6 Å². The number of halogens is 1. The molecule has 1 aromatic heterocycles. The summed E-state index contributed by atoms with van der Waals surface area (Å²) >= 11 is 6.03. The summed E-state index contributed by atoms with van der Waals surface area (Å²) in [6.07, 6.45) is -1.45. The number of hydrogen-bond donors (Lipinski definition) is 2. The van der Waals surface area contributed by atoms with Gasteiger partial charge in [0.2, 0.25) is 0 Å². The highest BCUT2D eigenvalue weighted by atomic mass is 35.5. The second-order valence-electron chi connectivity index (χ2n) is 3.98. The first-order chi connectivity index (χ1) is 9.04. The van der Waals surface area contributed by atoms with E-state index in [1.807, 2.05) is 0 Å². The van der Waals surface area contributed by atoms with Crippen molar-refractivity contribution in [1.82, 2.24) is 4.98 Å². The van der Waals surface area contributed by atoms with Crippen molar-refractivity contribution in [2.45, 2.75) is 12.2 Å². The van der Waals surface area contributed by atoms with Gasteiger partial charge in [0.05, 0.1) is 17.6 Å². The summed E-state index contributed by atoms with van der Waals surface area (Å²) in [6.45, 7) is 0. The molecule has 2 N–H and O–H groups in total. The first-order valence-electron chi connectivity index (χ1n) is 5.52. The third-order valence-electron chi connectivity index (χ3n) is 2.80. The van der Waals surface area contributed by atoms with Gasteiger partial charge < -0.3 is 14.9 Å². The number of rotatable bonds is 3. The van der Waals surface area contributed by atoms with Gasteiger partial charge in [0, 0.05) is 11.6 Å². The summed E-state index contributed by atoms with van der Waals surface area (Å²) in [7, 11) is 1.14. The summed E-state index contributed by atoms with van der Waals surface area (Å²) in [4.78, 5) is 15.3. The van der Waals surface area contributed by atoms with E-state index in [0.29, 0.717) is 21.5 Å². The van der Waals surface area contributed by atoms with Crippen LogP contribution in [0.5, 0.6) is 0 Å². The lowest BCUT2D eigenvalue weighted by Crippen LogP contribution is -2.29. The van der Waals surface area contributed by atoms with E-state index in [9.17, 15) is 15.0 Å². The molecule has 1 aromatic carbocycles. The van der Waals surface area contributed by atoms with Crippen molar-refractivity contribution in [2.24, 2.45) is 0 Å². The lowest BCUT2D eigenvalue weighted by Gasteiger charge is -2.16. The van der Waals surface area contributed by atoms with Crippen LogP contribution in [0.2, 0.25) is 5.02 Å². The minimum absolute atomic E-state index is 0.361. The van der Waals surface area contributed by atoms with E-state index in [1.165, 1.54) is 0 Å². The molecule has 0 saturated carbocycles. The highest BCUT2D eigenvalue weighted by Crippen LogP contribution is 2.26. The van der Waals surface area contributed by atoms with Gasteiger partial charge in [-0.05, 0) is 23.8 Å². The zero-order valence-corrected chi connectivity index (χ0v) is 10.8. The molecular formula is C13H12ClNO4. The van der Waals surface area contributed by atoms with Crippen LogP contribution in [0.4, 0.5) is 0 Å². The number of nitrogens with zero attached hydrogens (tertiary/aromatic N) is 1. The fourth-order valence-corrected chi connectivity index (χ4v) is 1.95. The number of fused-ring (bicyclic) bond motifs is 1. The molecule has 19 heavy (non-hydrogen) atoms. The van der Waals surface area contributed by atoms with Crippen LogP contribution in [0, 0.1) is 0 Å². The Morgan fingerprint density at radius 3 is 2.79 bits per heavy atom. The average molecular weight is 282 g/mol. The molecule has 0 fully saturated rings. The molecule has 0 radical (unpaired) electrons. The Bertz CT molecular complexity index is 617. The van der Waals surface area contributed by atoms with Crippen LogP contribution in [-0.4, -0.2) is 34.4 Å². The van der Waals surface area contributed by atoms with Gasteiger partial charge in [-0.15, -0.1) is 0 Å². The van der Waals surface area contributed by atoms with Crippen LogP contribution in [-0.2, 0) is 9.53 Å². The molecule has 5 nitrogen and oxygen atoms in total. The van der Waals surface area contributed by atoms with E-state index in [0.717, 1.165) is 7.11 Å². The first kappa shape index (κ1) is 13.7. The van der Waals surface area contributed by atoms with E-state index >= 15 is 0 Å². The fourth-order valence-electron chi connectivity index (χ4n) is 1.75. The topological polar surface area (TPSA) is 79.7 Å². The number of hydrogen-bond acceptors (Lipinski definition) is 5. The molecule has 2 unspecified atom stereocenters. The van der Waals surface area contributed by atoms with Crippen molar-refractivity contribution in [3.63, 3.8) is 0 Å². The first-order valence-corrected chi connectivity index (χ1v) is 5.90. The zero-order valence-electron chi connectivity index (χ0n) is 10.1. The van der Waals surface area contributed by atoms with Gasteiger partial charge in [0.1, 0.15) is 6.10 Å². The molecule has 0 aliphatic rings. The van der Waals surface area contributed by atoms with E-state index in [4.69, 9.17) is 11.6 Å². The molecule has 0 spiro atoms. The molecular weight excluding hydrogens is 270 g/mol. The Hall–Kier alpha value is -1.69. The predicted molar refractivity (Wildman–Crippen MR) is 69.7 cm³/mol. The fraction of sp³-hybridized carbons (Fsp3) is 0.231. The van der Waals surface area contributed by atoms with Crippen LogP contribution in [0.1, 0.15) is 11.7 Å². The summed E-state index contributed by atoms with van der Waals surface area (Å²) in [5.74, 6) is -0.898. The smallest absolute Gasteiger partial charge is 0.337 e. The Morgan fingerprint density at radius 1 is 1.37 bits per heavy atom. The Labute approximate surface area is 114 Å². The van der Waals surface area contributed by atoms with Crippen molar-refractivity contribution >= 4 is 28.5 Å². The molecule has 2 rings (SSSR count). The largest absolute Gasteiger partial charge is 0.467 e. The van der Waals surface area contributed by atoms with Gasteiger partial charge in [-0.2, -0.15) is 0 Å². The summed E-state index contributed by atoms with van der Waals surface area (Å²) in [5, 5.41) is 20.6. The van der Waals surface area contributed by atoms with Gasteiger partial charge in [-0.3, -0.25) is 4.98 Å². The molecule has 6 heteroatoms. The Kier molecular flexibility index (Phi) is 3.99. The van der Waals surface area contributed by atoms with E-state index < -0.39 is 18.2 Å². The van der Waals surface area contributed by atoms with Crippen molar-refractivity contribution in [1.29, 1.82) is 0 Å². The van der Waals surface area contributed by atoms with E-state index in [-0.39, 0.29) is 0 Å². The summed E-state index contributed by atoms with van der Waals surface area (Å²) in [6, 6.07) is 6.44. The number of benzene rings is 1. The predicted octanol–water partition coefficient (Wildman–Crippen LogP) is 1.46. The minimum atomic E-state index is -1.64. The average Bonchev–Trinajstić information content (AvgIpc) is 2.45. The number of methoxy groups -OCH3 is 1. The van der Waals surface area contributed by atoms with Crippen LogP contribution in [0.15, 0.2) is 30.5 Å². The van der Waals surface area contributed by atoms with Gasteiger partial charge in [0.15, 0.2) is 6.10 Å². The second-order valence-corrected chi connectivity index (χ2v) is 4.39. The Morgan fingerprint density at radius 2 is 2.11 bits per heavy atom. The SMILES string of the molecule is COC(=O)C(O)C(O)c1ccc2nccc(Cl)c2c1. The van der Waals surface area contributed by atoms with E-state index in [1.54, 1.807) is 30.5 Å². The van der Waals surface area contributed by atoms with Crippen LogP contribution in [0.25, 0.3) is 10.9 Å². The second kappa shape index (κ2) is 5.52. The molecule has 0 saturated heterocycles. The Balaban J connectivity index is 2.40. The lowest BCUT2D eigenvalue weighted by molar-refractivity contribution is -0.156. The van der Waals surface area contributed by atoms with Crippen molar-refractivity contribution in [3.8, 4) is 0 Å². The molecule has 0 bridgehead atoms. The van der Waals surface area contributed by atoms with Crippen molar-refractivity contribution in [2.75, 3.05) is 7.11 Å². The van der Waals surface area contributed by atoms with Crippen molar-refractivity contribution in [3.05, 3.63) is 41.0 Å². The highest BCUT2D eigenvalue weighted by Gasteiger charge is 2.26. The number of pyridine rings is 1. The van der Waals surface area contributed by atoms with Gasteiger partial charge in [0.25, 0.3) is 0 Å². The standard InChI is InChI=1S/C13H12ClNO4/c1-19-13(18)12(17)11(16)7-2-3-10-8(6-7)9(14)4-5-15-10/h2-6,11-12,16-17H,1H3. The van der Waals surface area contributed by atoms with E-state index in [2.05, 4.69) is 9.72 Å². The maximum atomic E-state index is 11.2. The molecule has 2 aromatic rings. The van der Waals surface area contributed by atoms with Gasteiger partial charge >= 0.3 is 5.97 Å². The van der Waals surface area contributed by atoms with Gasteiger partial charge in [-0.25, -0.2) is 4.79 Å². The maximum absolute atomic E-state index is 11.2. The number of aliphatic hydroxyl groups is 2. The minimum Gasteiger partial charge on any atom is -0.467 e. The maximum Gasteiger partial charge on any atom is 0.337 e. The number of esters is 1. The van der Waals surface area contributed by atoms with Crippen molar-refractivity contribution < 1.29 is 19.7 Å². The third kappa shape index (κ3) is 2.68. The molecule has 1 heterocycles. The monoisotopic (exact) mass is 281 g/mol. The zero-order chi connectivity index (χ0) is 14.0. The lowest BCUT2D eigenvalue weighted by atomic mass is 10.0. The molecule has 2 atom stereocenters. The molecule has 0 amide bonds. The quantitative estimate of drug-likeness (QED) is 0.833. The summed E-state index contributed by atoms with van der Waals surface area (Å²) in [5.41, 5.74) is 1.02. The number of carbonyl (C=O) groups is 1. The molecule has 100 valence electrons. The number of aliphatic hydroxyl groups excluding tert-OH is 2. The third-order valence-corrected chi connectivity index (χ3v) is 3.13. The highest BCUT2D eigenvalue weighted by molar-refractivity contribution is 6.35. The van der Waals surface area contributed by atoms with Crippen LogP contribution < -0.4 is 0 Å². The number of ether oxygens (including phenoxy) is 1. The molecule has 0 aliphatic carbocycles. The number of carbonyl (C=O) groups excluding carboxylic acids is 1. The summed E-state index contributed by atoms with van der Waals surface area (Å²) < 4.78 is 4.38. The molecule has 0 aliphatic heterocycles. The van der Waals surface area contributed by atoms with Gasteiger partial charge in [-0.1, -0.05) is 17.7 Å². The number of aromatic nitrogens is 1. The normalized spacial score (nSPS) is 14.1.